The van der Waals surface area contributed by atoms with Crippen LogP contribution in [0.3, 0.4) is 0 Å². The van der Waals surface area contributed by atoms with Gasteiger partial charge in [0.15, 0.2) is 11.5 Å². The minimum Gasteiger partial charge on any atom is -0.491 e. The third-order valence-corrected chi connectivity index (χ3v) is 3.97. The summed E-state index contributed by atoms with van der Waals surface area (Å²) >= 11 is 6.32. The van der Waals surface area contributed by atoms with E-state index in [0.29, 0.717) is 59.9 Å². The lowest BCUT2D eigenvalue weighted by atomic mass is 10.1. The standard InChI is InChI=1S/C21H26ClNO5/c1-4-10-28-20-18(22)13-15(14-19(20)26-5-2)21(24)23-16-6-8-17(9-7-16)27-12-11-25-3/h6-9,13-14H,4-5,10-12H2,1-3H3,(H,23,24). The third kappa shape index (κ3) is 6.32. The molecule has 0 unspecified atom stereocenters. The Hall–Kier alpha value is -2.44. The number of halogens is 1. The first-order valence-electron chi connectivity index (χ1n) is 9.21. The van der Waals surface area contributed by atoms with E-state index in [1.807, 2.05) is 13.8 Å². The van der Waals surface area contributed by atoms with E-state index < -0.39 is 0 Å². The Labute approximate surface area is 170 Å². The molecule has 0 spiro atoms. The molecule has 0 aromatic heterocycles. The Balaban J connectivity index is 2.10. The fourth-order valence-electron chi connectivity index (χ4n) is 2.39. The van der Waals surface area contributed by atoms with Crippen LogP contribution in [0.4, 0.5) is 5.69 Å². The summed E-state index contributed by atoms with van der Waals surface area (Å²) in [6.07, 6.45) is 0.843. The summed E-state index contributed by atoms with van der Waals surface area (Å²) < 4.78 is 21.7. The molecule has 28 heavy (non-hydrogen) atoms. The molecule has 0 aliphatic rings. The average Bonchev–Trinajstić information content (AvgIpc) is 2.69. The maximum absolute atomic E-state index is 12.6. The van der Waals surface area contributed by atoms with Crippen LogP contribution in [0.2, 0.25) is 5.02 Å². The molecule has 2 rings (SSSR count). The van der Waals surface area contributed by atoms with Gasteiger partial charge in [-0.25, -0.2) is 0 Å². The summed E-state index contributed by atoms with van der Waals surface area (Å²) in [6.45, 7) is 5.80. The van der Waals surface area contributed by atoms with Gasteiger partial charge in [0.05, 0.1) is 24.8 Å². The first-order valence-corrected chi connectivity index (χ1v) is 9.59. The lowest BCUT2D eigenvalue weighted by Crippen LogP contribution is -2.13. The molecule has 0 saturated heterocycles. The highest BCUT2D eigenvalue weighted by Gasteiger charge is 2.16. The van der Waals surface area contributed by atoms with Crippen molar-refractivity contribution < 1.29 is 23.7 Å². The van der Waals surface area contributed by atoms with E-state index in [1.165, 1.54) is 0 Å². The van der Waals surface area contributed by atoms with Crippen LogP contribution < -0.4 is 19.5 Å². The monoisotopic (exact) mass is 407 g/mol. The molecular formula is C21H26ClNO5. The summed E-state index contributed by atoms with van der Waals surface area (Å²) in [6, 6.07) is 10.3. The van der Waals surface area contributed by atoms with Crippen molar-refractivity contribution in [1.82, 2.24) is 0 Å². The van der Waals surface area contributed by atoms with Gasteiger partial charge in [-0.1, -0.05) is 18.5 Å². The van der Waals surface area contributed by atoms with Crippen molar-refractivity contribution in [1.29, 1.82) is 0 Å². The van der Waals surface area contributed by atoms with Gasteiger partial charge in [-0.2, -0.15) is 0 Å². The molecule has 152 valence electrons. The van der Waals surface area contributed by atoms with E-state index in [9.17, 15) is 4.79 Å². The average molecular weight is 408 g/mol. The number of ether oxygens (including phenoxy) is 4. The smallest absolute Gasteiger partial charge is 0.255 e. The van der Waals surface area contributed by atoms with E-state index in [4.69, 9.17) is 30.5 Å². The van der Waals surface area contributed by atoms with Gasteiger partial charge >= 0.3 is 0 Å². The van der Waals surface area contributed by atoms with Gasteiger partial charge in [-0.3, -0.25) is 4.79 Å². The van der Waals surface area contributed by atoms with Crippen LogP contribution in [0.25, 0.3) is 0 Å². The molecule has 0 radical (unpaired) electrons. The fourth-order valence-corrected chi connectivity index (χ4v) is 2.65. The lowest BCUT2D eigenvalue weighted by molar-refractivity contribution is 0.102. The topological polar surface area (TPSA) is 66.0 Å². The molecule has 0 aliphatic heterocycles. The van der Waals surface area contributed by atoms with Gasteiger partial charge in [0, 0.05) is 18.4 Å². The largest absolute Gasteiger partial charge is 0.491 e. The van der Waals surface area contributed by atoms with Gasteiger partial charge in [0.2, 0.25) is 0 Å². The molecule has 0 aliphatic carbocycles. The van der Waals surface area contributed by atoms with E-state index in [1.54, 1.807) is 43.5 Å². The lowest BCUT2D eigenvalue weighted by Gasteiger charge is -2.15. The summed E-state index contributed by atoms with van der Waals surface area (Å²) in [4.78, 5) is 12.6. The van der Waals surface area contributed by atoms with Crippen molar-refractivity contribution in [2.45, 2.75) is 20.3 Å². The third-order valence-electron chi connectivity index (χ3n) is 3.69. The quantitative estimate of drug-likeness (QED) is 0.542. The first kappa shape index (κ1) is 21.9. The minimum atomic E-state index is -0.294. The number of methoxy groups -OCH3 is 1. The summed E-state index contributed by atoms with van der Waals surface area (Å²) in [5.41, 5.74) is 1.03. The van der Waals surface area contributed by atoms with Gasteiger partial charge in [0.25, 0.3) is 5.91 Å². The molecule has 0 fully saturated rings. The van der Waals surface area contributed by atoms with Gasteiger partial charge in [-0.15, -0.1) is 0 Å². The highest BCUT2D eigenvalue weighted by atomic mass is 35.5. The van der Waals surface area contributed by atoms with E-state index >= 15 is 0 Å². The molecule has 2 aromatic carbocycles. The Morgan fingerprint density at radius 3 is 2.39 bits per heavy atom. The second kappa shape index (κ2) is 11.4. The van der Waals surface area contributed by atoms with Gasteiger partial charge in [0.1, 0.15) is 12.4 Å². The van der Waals surface area contributed by atoms with Crippen molar-refractivity contribution in [3.05, 3.63) is 47.0 Å². The van der Waals surface area contributed by atoms with Crippen LogP contribution in [0.1, 0.15) is 30.6 Å². The molecule has 7 heteroatoms. The number of hydrogen-bond acceptors (Lipinski definition) is 5. The molecule has 0 heterocycles. The molecule has 0 atom stereocenters. The van der Waals surface area contributed by atoms with Crippen LogP contribution in [-0.2, 0) is 4.74 Å². The molecule has 2 aromatic rings. The summed E-state index contributed by atoms with van der Waals surface area (Å²) in [5, 5.41) is 3.18. The maximum Gasteiger partial charge on any atom is 0.255 e. The Morgan fingerprint density at radius 1 is 1.00 bits per heavy atom. The number of nitrogens with one attached hydrogen (secondary N) is 1. The van der Waals surface area contributed by atoms with Crippen molar-refractivity contribution in [2.75, 3.05) is 38.9 Å². The Morgan fingerprint density at radius 2 is 1.75 bits per heavy atom. The number of amides is 1. The van der Waals surface area contributed by atoms with E-state index in [-0.39, 0.29) is 5.91 Å². The first-order chi connectivity index (χ1) is 13.6. The van der Waals surface area contributed by atoms with Crippen LogP contribution in [0.15, 0.2) is 36.4 Å². The van der Waals surface area contributed by atoms with Crippen LogP contribution in [0, 0.1) is 0 Å². The van der Waals surface area contributed by atoms with Crippen molar-refractivity contribution >= 4 is 23.2 Å². The molecule has 0 saturated carbocycles. The molecule has 1 N–H and O–H groups in total. The van der Waals surface area contributed by atoms with Gasteiger partial charge in [-0.05, 0) is 49.7 Å². The van der Waals surface area contributed by atoms with Crippen molar-refractivity contribution in [3.8, 4) is 17.2 Å². The predicted molar refractivity (Wildman–Crippen MR) is 110 cm³/mol. The van der Waals surface area contributed by atoms with Crippen molar-refractivity contribution in [2.24, 2.45) is 0 Å². The zero-order valence-corrected chi connectivity index (χ0v) is 17.2. The van der Waals surface area contributed by atoms with E-state index in [0.717, 1.165) is 6.42 Å². The highest BCUT2D eigenvalue weighted by Crippen LogP contribution is 2.37. The van der Waals surface area contributed by atoms with Crippen molar-refractivity contribution in [3.63, 3.8) is 0 Å². The predicted octanol–water partition coefficient (Wildman–Crippen LogP) is 4.81. The number of carbonyl (C=O) groups is 1. The molecular weight excluding hydrogens is 382 g/mol. The molecule has 0 bridgehead atoms. The Bertz CT molecular complexity index is 764. The normalized spacial score (nSPS) is 10.4. The number of benzene rings is 2. The second-order valence-electron chi connectivity index (χ2n) is 5.89. The number of anilines is 1. The zero-order chi connectivity index (χ0) is 20.4. The number of hydrogen-bond donors (Lipinski definition) is 1. The molecule has 6 nitrogen and oxygen atoms in total. The van der Waals surface area contributed by atoms with E-state index in [2.05, 4.69) is 5.32 Å². The SMILES string of the molecule is CCCOc1c(Cl)cc(C(=O)Nc2ccc(OCCOC)cc2)cc1OCC. The summed E-state index contributed by atoms with van der Waals surface area (Å²) in [7, 11) is 1.62. The van der Waals surface area contributed by atoms with Crippen LogP contribution in [-0.4, -0.2) is 39.4 Å². The van der Waals surface area contributed by atoms with Crippen LogP contribution in [0.5, 0.6) is 17.2 Å². The summed E-state index contributed by atoms with van der Waals surface area (Å²) in [5.74, 6) is 1.32. The van der Waals surface area contributed by atoms with Gasteiger partial charge < -0.3 is 24.3 Å². The molecule has 1 amide bonds. The Kier molecular flexibility index (Phi) is 8.91. The minimum absolute atomic E-state index is 0.294. The van der Waals surface area contributed by atoms with Crippen LogP contribution >= 0.6 is 11.6 Å². The fraction of sp³-hybridized carbons (Fsp3) is 0.381. The number of rotatable bonds is 11. The number of carbonyl (C=O) groups excluding carboxylic acids is 1. The highest BCUT2D eigenvalue weighted by molar-refractivity contribution is 6.32. The maximum atomic E-state index is 12.6. The second-order valence-corrected chi connectivity index (χ2v) is 6.29. The zero-order valence-electron chi connectivity index (χ0n) is 16.4.